The molecule has 8 nitrogen and oxygen atoms in total. The number of amides is 1. The summed E-state index contributed by atoms with van der Waals surface area (Å²) in [7, 11) is 4.36. The van der Waals surface area contributed by atoms with Crippen LogP contribution in [-0.4, -0.2) is 53.0 Å². The van der Waals surface area contributed by atoms with Crippen molar-refractivity contribution in [3.63, 3.8) is 0 Å². The van der Waals surface area contributed by atoms with Gasteiger partial charge in [0.2, 0.25) is 5.75 Å². The summed E-state index contributed by atoms with van der Waals surface area (Å²) < 4.78 is 26.1. The van der Waals surface area contributed by atoms with Crippen molar-refractivity contribution in [1.82, 2.24) is 5.32 Å². The highest BCUT2D eigenvalue weighted by molar-refractivity contribution is 6.30. The summed E-state index contributed by atoms with van der Waals surface area (Å²) in [5.74, 6) is 0.565. The van der Waals surface area contributed by atoms with E-state index < -0.39 is 11.9 Å². The maximum atomic E-state index is 12.3. The molecule has 0 fully saturated rings. The Bertz CT molecular complexity index is 814. The Hall–Kier alpha value is -3.13. The van der Waals surface area contributed by atoms with Gasteiger partial charge in [-0.25, -0.2) is 0 Å². The van der Waals surface area contributed by atoms with Crippen molar-refractivity contribution >= 4 is 23.5 Å². The van der Waals surface area contributed by atoms with Crippen LogP contribution in [0.5, 0.6) is 23.0 Å². The van der Waals surface area contributed by atoms with Crippen LogP contribution in [0.25, 0.3) is 0 Å². The standard InChI is InChI=1S/C20H22ClNO7/c1-25-16-10-13(11-17(26-2)19(16)27-3)20(24)22-12-18(23)29-9-8-28-15-6-4-14(21)5-7-15/h4-7,10-11H,8-9,12H2,1-3H3,(H,22,24). The molecule has 2 rings (SSSR count). The van der Waals surface area contributed by atoms with Crippen molar-refractivity contribution in [3.8, 4) is 23.0 Å². The summed E-state index contributed by atoms with van der Waals surface area (Å²) in [6, 6.07) is 9.79. The number of hydrogen-bond acceptors (Lipinski definition) is 7. The Kier molecular flexibility index (Phi) is 8.42. The van der Waals surface area contributed by atoms with Crippen LogP contribution in [0.1, 0.15) is 10.4 Å². The number of methoxy groups -OCH3 is 3. The lowest BCUT2D eigenvalue weighted by Crippen LogP contribution is -2.31. The molecule has 9 heteroatoms. The molecule has 0 atom stereocenters. The van der Waals surface area contributed by atoms with Crippen LogP contribution in [0.3, 0.4) is 0 Å². The largest absolute Gasteiger partial charge is 0.493 e. The highest BCUT2D eigenvalue weighted by atomic mass is 35.5. The summed E-state index contributed by atoms with van der Waals surface area (Å²) in [5.41, 5.74) is 0.248. The Morgan fingerprint density at radius 3 is 2.10 bits per heavy atom. The van der Waals surface area contributed by atoms with E-state index in [0.717, 1.165) is 0 Å². The van der Waals surface area contributed by atoms with Gasteiger partial charge in [0.25, 0.3) is 5.91 Å². The zero-order valence-electron chi connectivity index (χ0n) is 16.3. The van der Waals surface area contributed by atoms with Crippen molar-refractivity contribution in [3.05, 3.63) is 47.0 Å². The molecular formula is C20H22ClNO7. The van der Waals surface area contributed by atoms with Gasteiger partial charge in [-0.15, -0.1) is 0 Å². The molecule has 0 spiro atoms. The fourth-order valence-electron chi connectivity index (χ4n) is 2.36. The van der Waals surface area contributed by atoms with Crippen LogP contribution in [0.2, 0.25) is 5.02 Å². The lowest BCUT2D eigenvalue weighted by molar-refractivity contribution is -0.143. The molecule has 0 aliphatic heterocycles. The third-order valence-electron chi connectivity index (χ3n) is 3.75. The predicted octanol–water partition coefficient (Wildman–Crippen LogP) is 2.72. The van der Waals surface area contributed by atoms with Gasteiger partial charge < -0.3 is 29.0 Å². The van der Waals surface area contributed by atoms with Gasteiger partial charge in [-0.2, -0.15) is 0 Å². The highest BCUT2D eigenvalue weighted by Gasteiger charge is 2.17. The van der Waals surface area contributed by atoms with Crippen molar-refractivity contribution in [2.75, 3.05) is 41.1 Å². The highest BCUT2D eigenvalue weighted by Crippen LogP contribution is 2.38. The summed E-state index contributed by atoms with van der Waals surface area (Å²) in [4.78, 5) is 24.1. The molecule has 0 radical (unpaired) electrons. The molecule has 1 amide bonds. The van der Waals surface area contributed by atoms with E-state index in [1.807, 2.05) is 0 Å². The monoisotopic (exact) mass is 423 g/mol. The first-order valence-electron chi connectivity index (χ1n) is 8.60. The quantitative estimate of drug-likeness (QED) is 0.464. The van der Waals surface area contributed by atoms with Crippen molar-refractivity contribution in [2.24, 2.45) is 0 Å². The zero-order chi connectivity index (χ0) is 21.2. The molecule has 0 saturated heterocycles. The third-order valence-corrected chi connectivity index (χ3v) is 4.00. The number of nitrogens with one attached hydrogen (secondary N) is 1. The van der Waals surface area contributed by atoms with E-state index in [0.29, 0.717) is 28.0 Å². The number of carbonyl (C=O) groups excluding carboxylic acids is 2. The van der Waals surface area contributed by atoms with Crippen LogP contribution < -0.4 is 24.3 Å². The van der Waals surface area contributed by atoms with Gasteiger partial charge in [0, 0.05) is 10.6 Å². The molecule has 0 saturated carbocycles. The average Bonchev–Trinajstić information content (AvgIpc) is 2.75. The zero-order valence-corrected chi connectivity index (χ0v) is 17.1. The topological polar surface area (TPSA) is 92.3 Å². The number of benzene rings is 2. The molecule has 156 valence electrons. The fraction of sp³-hybridized carbons (Fsp3) is 0.300. The van der Waals surface area contributed by atoms with E-state index in [4.69, 9.17) is 35.3 Å². The van der Waals surface area contributed by atoms with Gasteiger partial charge in [-0.3, -0.25) is 9.59 Å². The average molecular weight is 424 g/mol. The summed E-state index contributed by atoms with van der Waals surface area (Å²) in [6.45, 7) is -0.0772. The molecule has 0 aliphatic carbocycles. The SMILES string of the molecule is COc1cc(C(=O)NCC(=O)OCCOc2ccc(Cl)cc2)cc(OC)c1OC. The number of hydrogen-bond donors (Lipinski definition) is 1. The smallest absolute Gasteiger partial charge is 0.325 e. The minimum atomic E-state index is -0.592. The maximum Gasteiger partial charge on any atom is 0.325 e. The van der Waals surface area contributed by atoms with E-state index in [2.05, 4.69) is 5.32 Å². The fourth-order valence-corrected chi connectivity index (χ4v) is 2.49. The van der Waals surface area contributed by atoms with E-state index in [-0.39, 0.29) is 25.3 Å². The number of rotatable bonds is 10. The first-order valence-corrected chi connectivity index (χ1v) is 8.98. The summed E-state index contributed by atoms with van der Waals surface area (Å²) in [5, 5.41) is 3.09. The predicted molar refractivity (Wildman–Crippen MR) is 106 cm³/mol. The Labute approximate surface area is 173 Å². The van der Waals surface area contributed by atoms with Gasteiger partial charge in [-0.05, 0) is 36.4 Å². The van der Waals surface area contributed by atoms with Crippen molar-refractivity contribution < 1.29 is 33.3 Å². The van der Waals surface area contributed by atoms with Crippen LogP contribution in [0, 0.1) is 0 Å². The molecule has 29 heavy (non-hydrogen) atoms. The van der Waals surface area contributed by atoms with E-state index in [1.165, 1.54) is 33.5 Å². The normalized spacial score (nSPS) is 10.1. The third kappa shape index (κ3) is 6.46. The molecule has 0 heterocycles. The van der Waals surface area contributed by atoms with Crippen LogP contribution >= 0.6 is 11.6 Å². The maximum absolute atomic E-state index is 12.3. The second kappa shape index (κ2) is 11.0. The first kappa shape index (κ1) is 22.2. The summed E-state index contributed by atoms with van der Waals surface area (Å²) >= 11 is 5.79. The second-order valence-electron chi connectivity index (χ2n) is 5.62. The van der Waals surface area contributed by atoms with Crippen LogP contribution in [-0.2, 0) is 9.53 Å². The Balaban J connectivity index is 1.80. The van der Waals surface area contributed by atoms with Gasteiger partial charge in [-0.1, -0.05) is 11.6 Å². The number of ether oxygens (including phenoxy) is 5. The van der Waals surface area contributed by atoms with Crippen LogP contribution in [0.15, 0.2) is 36.4 Å². The van der Waals surface area contributed by atoms with E-state index >= 15 is 0 Å². The van der Waals surface area contributed by atoms with Crippen LogP contribution in [0.4, 0.5) is 0 Å². The Morgan fingerprint density at radius 2 is 1.55 bits per heavy atom. The van der Waals surface area contributed by atoms with Crippen molar-refractivity contribution in [2.45, 2.75) is 0 Å². The minimum absolute atomic E-state index is 0.0432. The molecule has 2 aromatic carbocycles. The molecule has 0 aromatic heterocycles. The first-order chi connectivity index (χ1) is 14.0. The van der Waals surface area contributed by atoms with E-state index in [9.17, 15) is 9.59 Å². The van der Waals surface area contributed by atoms with Crippen molar-refractivity contribution in [1.29, 1.82) is 0 Å². The van der Waals surface area contributed by atoms with Gasteiger partial charge in [0.05, 0.1) is 21.3 Å². The molecule has 0 unspecified atom stereocenters. The molecule has 2 aromatic rings. The minimum Gasteiger partial charge on any atom is -0.493 e. The number of carbonyl (C=O) groups is 2. The lowest BCUT2D eigenvalue weighted by Gasteiger charge is -2.14. The molecule has 1 N–H and O–H groups in total. The number of esters is 1. The molecule has 0 aliphatic rings. The Morgan fingerprint density at radius 1 is 0.931 bits per heavy atom. The van der Waals surface area contributed by atoms with Gasteiger partial charge in [0.1, 0.15) is 25.5 Å². The lowest BCUT2D eigenvalue weighted by atomic mass is 10.1. The summed E-state index contributed by atoms with van der Waals surface area (Å²) in [6.07, 6.45) is 0. The van der Waals surface area contributed by atoms with Gasteiger partial charge in [0.15, 0.2) is 11.5 Å². The second-order valence-corrected chi connectivity index (χ2v) is 6.06. The number of halogens is 1. The van der Waals surface area contributed by atoms with Gasteiger partial charge >= 0.3 is 5.97 Å². The van der Waals surface area contributed by atoms with E-state index in [1.54, 1.807) is 24.3 Å². The molecule has 0 bridgehead atoms. The molecular weight excluding hydrogens is 402 g/mol.